The Labute approximate surface area is 189 Å². The van der Waals surface area contributed by atoms with Crippen molar-refractivity contribution in [3.8, 4) is 16.2 Å². The lowest BCUT2D eigenvalue weighted by molar-refractivity contribution is 0.281. The summed E-state index contributed by atoms with van der Waals surface area (Å²) in [6.45, 7) is 16.4. The fraction of sp³-hybridized carbons (Fsp3) is 0.609. The van der Waals surface area contributed by atoms with E-state index in [0.717, 1.165) is 67.1 Å². The van der Waals surface area contributed by atoms with Crippen molar-refractivity contribution in [2.75, 3.05) is 26.2 Å². The Morgan fingerprint density at radius 3 is 1.83 bits per heavy atom. The van der Waals surface area contributed by atoms with Crippen LogP contribution in [0.4, 0.5) is 0 Å². The topological polar surface area (TPSA) is 26.7 Å². The zero-order valence-electron chi connectivity index (χ0n) is 18.6. The normalized spacial score (nSPS) is 11.7. The van der Waals surface area contributed by atoms with Crippen LogP contribution in [0, 0.1) is 3.82 Å². The van der Waals surface area contributed by atoms with E-state index in [4.69, 9.17) is 12.2 Å². The lowest BCUT2D eigenvalue weighted by atomic mass is 9.99. The van der Waals surface area contributed by atoms with Crippen LogP contribution in [0.15, 0.2) is 12.1 Å². The number of unbranched alkanes of at least 4 members (excludes halogenated alkanes) is 1. The van der Waals surface area contributed by atoms with Crippen molar-refractivity contribution < 1.29 is 5.11 Å². The van der Waals surface area contributed by atoms with Gasteiger partial charge in [-0.15, -0.1) is 0 Å². The molecule has 0 aliphatic rings. The summed E-state index contributed by atoms with van der Waals surface area (Å²) in [6.07, 6.45) is 3.38. The smallest absolute Gasteiger partial charge is 0.124 e. The molecule has 0 aliphatic heterocycles. The van der Waals surface area contributed by atoms with E-state index in [1.807, 2.05) is 0 Å². The Morgan fingerprint density at radius 1 is 0.862 bits per heavy atom. The molecule has 0 unspecified atom stereocenters. The largest absolute Gasteiger partial charge is 0.507 e. The van der Waals surface area contributed by atoms with Gasteiger partial charge in [-0.3, -0.25) is 9.80 Å². The number of aromatic hydroxyl groups is 1. The summed E-state index contributed by atoms with van der Waals surface area (Å²) >= 11 is 5.66. The second kappa shape index (κ2) is 12.2. The molecule has 0 aliphatic carbocycles. The van der Waals surface area contributed by atoms with E-state index in [-0.39, 0.29) is 0 Å². The average molecular weight is 453 g/mol. The van der Waals surface area contributed by atoms with E-state index in [1.165, 1.54) is 22.4 Å². The molecule has 0 spiro atoms. The molecule has 2 aromatic rings. The number of hydrogen-bond donors (Lipinski definition) is 1. The summed E-state index contributed by atoms with van der Waals surface area (Å²) < 4.78 is 1.03. The lowest BCUT2D eigenvalue weighted by Gasteiger charge is -2.23. The molecule has 0 amide bonds. The fourth-order valence-corrected chi connectivity index (χ4v) is 6.56. The van der Waals surface area contributed by atoms with Crippen molar-refractivity contribution in [3.05, 3.63) is 32.6 Å². The second-order valence-corrected chi connectivity index (χ2v) is 10.2. The molecule has 1 N–H and O–H groups in total. The molecule has 0 fully saturated rings. The number of phenolic OH excluding ortho intramolecular Hbond substituents is 1. The van der Waals surface area contributed by atoms with Gasteiger partial charge in [0.1, 0.15) is 9.57 Å². The van der Waals surface area contributed by atoms with Gasteiger partial charge in [-0.2, -0.15) is 0 Å². The zero-order chi connectivity index (χ0) is 21.4. The fourth-order valence-electron chi connectivity index (χ4n) is 3.57. The van der Waals surface area contributed by atoms with Gasteiger partial charge in [0.2, 0.25) is 0 Å². The molecule has 0 radical (unpaired) electrons. The Kier molecular flexibility index (Phi) is 10.3. The van der Waals surface area contributed by atoms with Crippen molar-refractivity contribution in [3.63, 3.8) is 0 Å². The van der Waals surface area contributed by atoms with Gasteiger partial charge in [-0.05, 0) is 62.3 Å². The highest BCUT2D eigenvalue weighted by atomic mass is 32.9. The molecule has 1 aromatic heterocycles. The third kappa shape index (κ3) is 6.34. The molecule has 2 rings (SSSR count). The minimum atomic E-state index is 0.460. The van der Waals surface area contributed by atoms with Gasteiger partial charge in [0.15, 0.2) is 0 Å². The highest BCUT2D eigenvalue weighted by Gasteiger charge is 2.18. The van der Waals surface area contributed by atoms with Crippen LogP contribution in [-0.4, -0.2) is 41.1 Å². The second-order valence-electron chi connectivity index (χ2n) is 7.43. The van der Waals surface area contributed by atoms with Crippen molar-refractivity contribution in [1.29, 1.82) is 0 Å². The first-order valence-corrected chi connectivity index (χ1v) is 13.5. The van der Waals surface area contributed by atoms with Crippen LogP contribution >= 0.6 is 32.9 Å². The summed E-state index contributed by atoms with van der Waals surface area (Å²) in [6, 6.07) is 4.39. The molecule has 3 nitrogen and oxygen atoms in total. The molecule has 6 heteroatoms. The summed E-state index contributed by atoms with van der Waals surface area (Å²) in [5.41, 5.74) is 4.60. The van der Waals surface area contributed by atoms with Crippen LogP contribution in [0.5, 0.6) is 5.75 Å². The predicted molar refractivity (Wildman–Crippen MR) is 132 cm³/mol. The minimum absolute atomic E-state index is 0.460. The summed E-state index contributed by atoms with van der Waals surface area (Å²) in [5, 5.41) is 11.1. The lowest BCUT2D eigenvalue weighted by Crippen LogP contribution is -2.24. The van der Waals surface area contributed by atoms with Crippen molar-refractivity contribution in [2.24, 2.45) is 0 Å². The van der Waals surface area contributed by atoms with Gasteiger partial charge in [-0.1, -0.05) is 73.9 Å². The van der Waals surface area contributed by atoms with E-state index >= 15 is 0 Å². The third-order valence-corrected chi connectivity index (χ3v) is 8.80. The predicted octanol–water partition coefficient (Wildman–Crippen LogP) is 6.94. The maximum absolute atomic E-state index is 11.1. The molecule has 1 aromatic carbocycles. The monoisotopic (exact) mass is 452 g/mol. The van der Waals surface area contributed by atoms with Gasteiger partial charge >= 0.3 is 0 Å². The highest BCUT2D eigenvalue weighted by molar-refractivity contribution is 7.80. The van der Waals surface area contributed by atoms with Crippen LogP contribution < -0.4 is 0 Å². The van der Waals surface area contributed by atoms with E-state index in [2.05, 4.69) is 56.6 Å². The Balaban J connectivity index is 2.55. The first-order valence-electron chi connectivity index (χ1n) is 10.9. The molecule has 0 atom stereocenters. The number of phenols is 1. The quantitative estimate of drug-likeness (QED) is 0.279. The molecule has 0 saturated heterocycles. The van der Waals surface area contributed by atoms with Crippen molar-refractivity contribution in [2.45, 2.75) is 67.0 Å². The first-order chi connectivity index (χ1) is 14.0. The molecular weight excluding hydrogens is 416 g/mol. The van der Waals surface area contributed by atoms with Gasteiger partial charge < -0.3 is 5.11 Å². The maximum atomic E-state index is 11.1. The van der Waals surface area contributed by atoms with Crippen LogP contribution in [-0.2, 0) is 19.5 Å². The standard InChI is InChI=1S/C23H36N2OS3/c1-6-11-12-20-22(28-29-23(20)27)17-13-18(15-24(7-2)8-3)21(26)19(14-17)16-25(9-4)10-5/h13-14,26H,6-12,15-16H2,1-5H3. The van der Waals surface area contributed by atoms with Crippen molar-refractivity contribution in [1.82, 2.24) is 9.80 Å². The zero-order valence-corrected chi connectivity index (χ0v) is 21.0. The van der Waals surface area contributed by atoms with E-state index in [1.54, 1.807) is 20.7 Å². The van der Waals surface area contributed by atoms with Gasteiger partial charge in [0.25, 0.3) is 0 Å². The van der Waals surface area contributed by atoms with E-state index < -0.39 is 0 Å². The van der Waals surface area contributed by atoms with Crippen LogP contribution in [0.3, 0.4) is 0 Å². The third-order valence-electron chi connectivity index (χ3n) is 5.61. The summed E-state index contributed by atoms with van der Waals surface area (Å²) in [5.74, 6) is 0.460. The minimum Gasteiger partial charge on any atom is -0.507 e. The number of hydrogen-bond acceptors (Lipinski definition) is 6. The molecular formula is C23H36N2OS3. The van der Waals surface area contributed by atoms with E-state index in [0.29, 0.717) is 5.75 Å². The molecule has 0 saturated carbocycles. The average Bonchev–Trinajstić information content (AvgIpc) is 3.10. The van der Waals surface area contributed by atoms with Gasteiger partial charge in [0, 0.05) is 24.2 Å². The Hall–Kier alpha value is -0.790. The van der Waals surface area contributed by atoms with Gasteiger partial charge in [0.05, 0.1) is 4.88 Å². The summed E-state index contributed by atoms with van der Waals surface area (Å²) in [7, 11) is 3.50. The molecule has 1 heterocycles. The van der Waals surface area contributed by atoms with Gasteiger partial charge in [-0.25, -0.2) is 0 Å². The highest BCUT2D eigenvalue weighted by Crippen LogP contribution is 2.39. The van der Waals surface area contributed by atoms with Crippen LogP contribution in [0.2, 0.25) is 0 Å². The Bertz CT molecular complexity index is 785. The SMILES string of the molecule is CCCCc1c(-c2cc(CN(CC)CC)c(O)c(CN(CC)CC)c2)ssc1=S. The first kappa shape index (κ1) is 24.5. The molecule has 162 valence electrons. The van der Waals surface area contributed by atoms with Crippen LogP contribution in [0.1, 0.15) is 64.2 Å². The van der Waals surface area contributed by atoms with Crippen molar-refractivity contribution >= 4 is 32.9 Å². The maximum Gasteiger partial charge on any atom is 0.124 e. The van der Waals surface area contributed by atoms with Crippen LogP contribution in [0.25, 0.3) is 10.4 Å². The van der Waals surface area contributed by atoms with E-state index in [9.17, 15) is 5.11 Å². The number of rotatable bonds is 12. The number of benzene rings is 1. The summed E-state index contributed by atoms with van der Waals surface area (Å²) in [4.78, 5) is 6.01. The molecule has 29 heavy (non-hydrogen) atoms. The number of nitrogens with zero attached hydrogens (tertiary/aromatic N) is 2. The Morgan fingerprint density at radius 2 is 1.38 bits per heavy atom. The molecule has 0 bridgehead atoms.